The van der Waals surface area contributed by atoms with Crippen LogP contribution in [0.2, 0.25) is 0 Å². The molecule has 0 radical (unpaired) electrons. The SMILES string of the molecule is CCN(CC)C1CS(=O)(=O)CC1N. The Morgan fingerprint density at radius 2 is 1.85 bits per heavy atom. The lowest BCUT2D eigenvalue weighted by atomic mass is 10.1. The van der Waals surface area contributed by atoms with Gasteiger partial charge in [0.15, 0.2) is 9.84 Å². The van der Waals surface area contributed by atoms with Gasteiger partial charge >= 0.3 is 0 Å². The van der Waals surface area contributed by atoms with Crippen molar-refractivity contribution in [3.05, 3.63) is 0 Å². The first-order valence-corrected chi connectivity index (χ1v) is 6.52. The van der Waals surface area contributed by atoms with Crippen molar-refractivity contribution in [2.75, 3.05) is 24.6 Å². The van der Waals surface area contributed by atoms with E-state index in [4.69, 9.17) is 5.73 Å². The molecule has 0 saturated carbocycles. The van der Waals surface area contributed by atoms with Gasteiger partial charge < -0.3 is 5.73 Å². The Hall–Kier alpha value is -0.130. The molecule has 1 heterocycles. The maximum atomic E-state index is 11.3. The molecule has 1 fully saturated rings. The van der Waals surface area contributed by atoms with Crippen LogP contribution in [0.25, 0.3) is 0 Å². The molecule has 1 aliphatic heterocycles. The van der Waals surface area contributed by atoms with Crippen LogP contribution in [0, 0.1) is 0 Å². The molecule has 1 rings (SSSR count). The molecule has 0 bridgehead atoms. The summed E-state index contributed by atoms with van der Waals surface area (Å²) in [5, 5.41) is 0. The molecule has 13 heavy (non-hydrogen) atoms. The second-order valence-corrected chi connectivity index (χ2v) is 5.68. The highest BCUT2D eigenvalue weighted by molar-refractivity contribution is 7.91. The summed E-state index contributed by atoms with van der Waals surface area (Å²) >= 11 is 0. The molecule has 0 aromatic carbocycles. The van der Waals surface area contributed by atoms with Crippen molar-refractivity contribution in [3.8, 4) is 0 Å². The molecule has 2 atom stereocenters. The monoisotopic (exact) mass is 206 g/mol. The molecule has 0 amide bonds. The minimum atomic E-state index is -2.88. The van der Waals surface area contributed by atoms with Gasteiger partial charge in [-0.1, -0.05) is 13.8 Å². The zero-order chi connectivity index (χ0) is 10.1. The predicted octanol–water partition coefficient (Wildman–Crippen LogP) is -0.547. The molecule has 2 unspecified atom stereocenters. The maximum absolute atomic E-state index is 11.3. The Morgan fingerprint density at radius 3 is 2.15 bits per heavy atom. The summed E-state index contributed by atoms with van der Waals surface area (Å²) in [6.45, 7) is 5.79. The van der Waals surface area contributed by atoms with E-state index < -0.39 is 9.84 Å². The van der Waals surface area contributed by atoms with Crippen molar-refractivity contribution >= 4 is 9.84 Å². The van der Waals surface area contributed by atoms with Gasteiger partial charge in [-0.25, -0.2) is 8.42 Å². The van der Waals surface area contributed by atoms with Crippen molar-refractivity contribution in [2.45, 2.75) is 25.9 Å². The van der Waals surface area contributed by atoms with Gasteiger partial charge in [-0.3, -0.25) is 4.90 Å². The molecule has 5 heteroatoms. The number of sulfone groups is 1. The Labute approximate surface area is 80.0 Å². The van der Waals surface area contributed by atoms with Gasteiger partial charge in [0.05, 0.1) is 11.5 Å². The third kappa shape index (κ3) is 2.42. The molecule has 1 aliphatic rings. The van der Waals surface area contributed by atoms with Crippen molar-refractivity contribution in [3.63, 3.8) is 0 Å². The normalized spacial score (nSPS) is 32.6. The smallest absolute Gasteiger partial charge is 0.153 e. The van der Waals surface area contributed by atoms with Crippen LogP contribution in [0.5, 0.6) is 0 Å². The van der Waals surface area contributed by atoms with E-state index in [1.807, 2.05) is 13.8 Å². The van der Waals surface area contributed by atoms with Crippen LogP contribution in [-0.2, 0) is 9.84 Å². The van der Waals surface area contributed by atoms with E-state index in [-0.39, 0.29) is 23.6 Å². The molecule has 0 aromatic rings. The fourth-order valence-corrected chi connectivity index (χ4v) is 3.85. The van der Waals surface area contributed by atoms with Crippen LogP contribution in [0.1, 0.15) is 13.8 Å². The number of nitrogens with two attached hydrogens (primary N) is 1. The molecule has 4 nitrogen and oxygen atoms in total. The van der Waals surface area contributed by atoms with Crippen LogP contribution in [0.4, 0.5) is 0 Å². The fourth-order valence-electron chi connectivity index (χ4n) is 1.92. The average Bonchev–Trinajstić information content (AvgIpc) is 2.28. The van der Waals surface area contributed by atoms with Gasteiger partial charge in [0.1, 0.15) is 0 Å². The highest BCUT2D eigenvalue weighted by atomic mass is 32.2. The van der Waals surface area contributed by atoms with E-state index in [0.29, 0.717) is 0 Å². The van der Waals surface area contributed by atoms with Crippen LogP contribution in [-0.4, -0.2) is 50.0 Å². The lowest BCUT2D eigenvalue weighted by molar-refractivity contribution is 0.219. The van der Waals surface area contributed by atoms with Crippen LogP contribution < -0.4 is 5.73 Å². The molecule has 0 aliphatic carbocycles. The number of hydrogen-bond donors (Lipinski definition) is 1. The Bertz CT molecular complexity index is 259. The minimum absolute atomic E-state index is 0.0278. The summed E-state index contributed by atoms with van der Waals surface area (Å²) in [6, 6.07) is -0.176. The predicted molar refractivity (Wildman–Crippen MR) is 53.3 cm³/mol. The molecule has 0 spiro atoms. The average molecular weight is 206 g/mol. The van der Waals surface area contributed by atoms with Gasteiger partial charge in [0.2, 0.25) is 0 Å². The Balaban J connectivity index is 2.72. The van der Waals surface area contributed by atoms with Crippen LogP contribution in [0.3, 0.4) is 0 Å². The molecule has 0 aromatic heterocycles. The largest absolute Gasteiger partial charge is 0.325 e. The second-order valence-electron chi connectivity index (χ2n) is 3.53. The van der Waals surface area contributed by atoms with Gasteiger partial charge in [0, 0.05) is 12.1 Å². The summed E-state index contributed by atoms with van der Waals surface area (Å²) in [7, 11) is -2.88. The quantitative estimate of drug-likeness (QED) is 0.673. The Kier molecular flexibility index (Phi) is 3.32. The second kappa shape index (κ2) is 3.94. The van der Waals surface area contributed by atoms with Gasteiger partial charge in [-0.2, -0.15) is 0 Å². The zero-order valence-electron chi connectivity index (χ0n) is 8.23. The first kappa shape index (κ1) is 10.9. The van der Waals surface area contributed by atoms with E-state index in [0.717, 1.165) is 13.1 Å². The van der Waals surface area contributed by atoms with Crippen molar-refractivity contribution in [1.82, 2.24) is 4.90 Å². The lowest BCUT2D eigenvalue weighted by Gasteiger charge is -2.27. The lowest BCUT2D eigenvalue weighted by Crippen LogP contribution is -2.46. The number of hydrogen-bond acceptors (Lipinski definition) is 4. The van der Waals surface area contributed by atoms with E-state index in [1.54, 1.807) is 0 Å². The first-order valence-electron chi connectivity index (χ1n) is 4.70. The van der Waals surface area contributed by atoms with E-state index in [9.17, 15) is 8.42 Å². The third-order valence-corrected chi connectivity index (χ3v) is 4.39. The highest BCUT2D eigenvalue weighted by Crippen LogP contribution is 2.16. The summed E-state index contributed by atoms with van der Waals surface area (Å²) in [6.07, 6.45) is 0. The topological polar surface area (TPSA) is 63.4 Å². The molecular weight excluding hydrogens is 188 g/mol. The summed E-state index contributed by atoms with van der Waals surface area (Å²) in [5.41, 5.74) is 5.79. The number of likely N-dealkylation sites (N-methyl/N-ethyl adjacent to an activating group) is 1. The molecule has 78 valence electrons. The molecular formula is C8H18N2O2S. The fraction of sp³-hybridized carbons (Fsp3) is 1.00. The van der Waals surface area contributed by atoms with Crippen molar-refractivity contribution in [1.29, 1.82) is 0 Å². The van der Waals surface area contributed by atoms with Crippen LogP contribution >= 0.6 is 0 Å². The van der Waals surface area contributed by atoms with Gasteiger partial charge in [-0.05, 0) is 13.1 Å². The summed E-state index contributed by atoms with van der Waals surface area (Å²) in [5.74, 6) is 0.379. The van der Waals surface area contributed by atoms with E-state index in [2.05, 4.69) is 4.90 Å². The number of rotatable bonds is 3. The van der Waals surface area contributed by atoms with Crippen LogP contribution in [0.15, 0.2) is 0 Å². The first-order chi connectivity index (χ1) is 6.00. The van der Waals surface area contributed by atoms with E-state index in [1.165, 1.54) is 0 Å². The molecule has 2 N–H and O–H groups in total. The standard InChI is InChI=1S/C8H18N2O2S/c1-3-10(4-2)8-6-13(11,12)5-7(8)9/h7-8H,3-6,9H2,1-2H3. The highest BCUT2D eigenvalue weighted by Gasteiger charge is 2.37. The van der Waals surface area contributed by atoms with Crippen molar-refractivity contribution in [2.24, 2.45) is 5.73 Å². The number of nitrogens with zero attached hydrogens (tertiary/aromatic N) is 1. The van der Waals surface area contributed by atoms with Gasteiger partial charge in [0.25, 0.3) is 0 Å². The van der Waals surface area contributed by atoms with Crippen molar-refractivity contribution < 1.29 is 8.42 Å². The Morgan fingerprint density at radius 1 is 1.31 bits per heavy atom. The minimum Gasteiger partial charge on any atom is -0.325 e. The summed E-state index contributed by atoms with van der Waals surface area (Å²) < 4.78 is 22.6. The molecule has 1 saturated heterocycles. The maximum Gasteiger partial charge on any atom is 0.153 e. The summed E-state index contributed by atoms with van der Waals surface area (Å²) in [4.78, 5) is 2.12. The van der Waals surface area contributed by atoms with E-state index >= 15 is 0 Å². The van der Waals surface area contributed by atoms with Gasteiger partial charge in [-0.15, -0.1) is 0 Å². The third-order valence-electron chi connectivity index (χ3n) is 2.65. The zero-order valence-corrected chi connectivity index (χ0v) is 9.05.